The van der Waals surface area contributed by atoms with E-state index in [1.165, 1.54) is 0 Å². The molecule has 0 spiro atoms. The summed E-state index contributed by atoms with van der Waals surface area (Å²) in [6.45, 7) is 0. The zero-order chi connectivity index (χ0) is 11.0. The lowest BCUT2D eigenvalue weighted by Crippen LogP contribution is -2.01. The highest BCUT2D eigenvalue weighted by Gasteiger charge is 2.05. The summed E-state index contributed by atoms with van der Waals surface area (Å²) < 4.78 is 1.78. The van der Waals surface area contributed by atoms with Gasteiger partial charge in [0, 0.05) is 18.0 Å². The summed E-state index contributed by atoms with van der Waals surface area (Å²) in [4.78, 5) is 7.93. The van der Waals surface area contributed by atoms with Gasteiger partial charge in [-0.3, -0.25) is 4.98 Å². The van der Waals surface area contributed by atoms with Crippen molar-refractivity contribution in [1.82, 2.24) is 19.6 Å². The quantitative estimate of drug-likeness (QED) is 0.660. The molecule has 0 bridgehead atoms. The highest BCUT2D eigenvalue weighted by atomic mass is 15.3. The van der Waals surface area contributed by atoms with Crippen molar-refractivity contribution in [2.45, 2.75) is 0 Å². The Morgan fingerprint density at radius 2 is 1.88 bits per heavy atom. The van der Waals surface area contributed by atoms with Crippen molar-refractivity contribution in [1.29, 1.82) is 0 Å². The molecule has 2 N–H and O–H groups in total. The molecule has 0 fully saturated rings. The Morgan fingerprint density at radius 1 is 1.06 bits per heavy atom. The first kappa shape index (κ1) is 8.84. The Balaban J connectivity index is 2.29. The molecule has 78 valence electrons. The van der Waals surface area contributed by atoms with Gasteiger partial charge in [0.15, 0.2) is 0 Å². The van der Waals surface area contributed by atoms with Crippen LogP contribution < -0.4 is 5.73 Å². The zero-order valence-corrected chi connectivity index (χ0v) is 8.41. The highest BCUT2D eigenvalue weighted by molar-refractivity contribution is 5.65. The maximum atomic E-state index is 5.57. The number of fused-ring (bicyclic) bond motifs is 1. The first-order valence-electron chi connectivity index (χ1n) is 4.85. The summed E-state index contributed by atoms with van der Waals surface area (Å²) in [5.74, 6) is 0.263. The predicted molar refractivity (Wildman–Crippen MR) is 60.6 cm³/mol. The Morgan fingerprint density at radius 3 is 2.69 bits per heavy atom. The van der Waals surface area contributed by atoms with E-state index >= 15 is 0 Å². The number of nitrogens with two attached hydrogens (primary N) is 1. The van der Waals surface area contributed by atoms with Crippen molar-refractivity contribution < 1.29 is 0 Å². The third kappa shape index (κ3) is 1.30. The van der Waals surface area contributed by atoms with Crippen molar-refractivity contribution in [2.24, 2.45) is 0 Å². The van der Waals surface area contributed by atoms with Crippen LogP contribution in [-0.2, 0) is 0 Å². The van der Waals surface area contributed by atoms with Crippen molar-refractivity contribution in [2.75, 3.05) is 5.73 Å². The first-order chi connectivity index (χ1) is 7.84. The molecule has 0 aliphatic carbocycles. The number of nitrogen functional groups attached to an aromatic ring is 1. The molecule has 3 heterocycles. The monoisotopic (exact) mass is 211 g/mol. The van der Waals surface area contributed by atoms with Gasteiger partial charge >= 0.3 is 0 Å². The van der Waals surface area contributed by atoms with Gasteiger partial charge in [-0.05, 0) is 24.3 Å². The minimum absolute atomic E-state index is 0.263. The fourth-order valence-corrected chi connectivity index (χ4v) is 1.66. The predicted octanol–water partition coefficient (Wildman–Crippen LogP) is 1.37. The first-order valence-corrected chi connectivity index (χ1v) is 4.85. The zero-order valence-electron chi connectivity index (χ0n) is 8.41. The van der Waals surface area contributed by atoms with E-state index in [0.717, 1.165) is 16.8 Å². The van der Waals surface area contributed by atoms with Crippen LogP contribution in [0, 0.1) is 0 Å². The van der Waals surface area contributed by atoms with Gasteiger partial charge < -0.3 is 5.73 Å². The molecule has 0 radical (unpaired) electrons. The molecule has 5 heteroatoms. The molecule has 0 saturated heterocycles. The number of rotatable bonds is 1. The van der Waals surface area contributed by atoms with Crippen LogP contribution in [0.4, 0.5) is 5.95 Å². The lowest BCUT2D eigenvalue weighted by molar-refractivity contribution is 0.924. The molecule has 0 aromatic carbocycles. The molecule has 0 saturated carbocycles. The maximum absolute atomic E-state index is 5.57. The Bertz CT molecular complexity index is 629. The lowest BCUT2D eigenvalue weighted by atomic mass is 10.2. The average Bonchev–Trinajstić information content (AvgIpc) is 2.73. The lowest BCUT2D eigenvalue weighted by Gasteiger charge is -2.01. The number of pyridine rings is 1. The molecule has 0 atom stereocenters. The molecule has 3 aromatic rings. The molecule has 0 aliphatic heterocycles. The van der Waals surface area contributed by atoms with E-state index in [0.29, 0.717) is 0 Å². The molecule has 3 aromatic heterocycles. The number of hydrogen-bond donors (Lipinski definition) is 1. The fraction of sp³-hybridized carbons (Fsp3) is 0. The van der Waals surface area contributed by atoms with Crippen LogP contribution in [-0.4, -0.2) is 19.6 Å². The van der Waals surface area contributed by atoms with E-state index in [2.05, 4.69) is 15.1 Å². The highest BCUT2D eigenvalue weighted by Crippen LogP contribution is 2.20. The Hall–Kier alpha value is -2.43. The van der Waals surface area contributed by atoms with E-state index in [4.69, 9.17) is 5.73 Å². The number of hydrogen-bond acceptors (Lipinski definition) is 4. The summed E-state index contributed by atoms with van der Waals surface area (Å²) >= 11 is 0. The van der Waals surface area contributed by atoms with Crippen LogP contribution >= 0.6 is 0 Å². The van der Waals surface area contributed by atoms with E-state index in [-0.39, 0.29) is 5.95 Å². The summed E-state index contributed by atoms with van der Waals surface area (Å²) in [6.07, 6.45) is 5.20. The van der Waals surface area contributed by atoms with Gasteiger partial charge in [-0.15, -0.1) is 5.10 Å². The van der Waals surface area contributed by atoms with Crippen LogP contribution in [0.3, 0.4) is 0 Å². The second-order valence-corrected chi connectivity index (χ2v) is 3.41. The minimum atomic E-state index is 0.263. The Labute approximate surface area is 91.6 Å². The standard InChI is InChI=1S/C11H9N5/c12-11-14-7-9-1-2-10(16(9)15-11)8-3-5-13-6-4-8/h1-7H,(H2,12,15). The van der Waals surface area contributed by atoms with Crippen molar-refractivity contribution in [3.63, 3.8) is 0 Å². The normalized spacial score (nSPS) is 10.8. The summed E-state index contributed by atoms with van der Waals surface area (Å²) in [7, 11) is 0. The van der Waals surface area contributed by atoms with E-state index in [1.807, 2.05) is 24.3 Å². The number of aromatic nitrogens is 4. The average molecular weight is 211 g/mol. The molecular weight excluding hydrogens is 202 g/mol. The SMILES string of the molecule is Nc1ncc2ccc(-c3ccncc3)n2n1. The minimum Gasteiger partial charge on any atom is -0.367 e. The summed E-state index contributed by atoms with van der Waals surface area (Å²) in [6, 6.07) is 7.80. The number of nitrogens with zero attached hydrogens (tertiary/aromatic N) is 4. The Kier molecular flexibility index (Phi) is 1.83. The molecule has 16 heavy (non-hydrogen) atoms. The van der Waals surface area contributed by atoms with Gasteiger partial charge in [0.1, 0.15) is 0 Å². The van der Waals surface area contributed by atoms with Crippen LogP contribution in [0.1, 0.15) is 0 Å². The van der Waals surface area contributed by atoms with E-state index in [1.54, 1.807) is 23.1 Å². The summed E-state index contributed by atoms with van der Waals surface area (Å²) in [5, 5.41) is 4.17. The van der Waals surface area contributed by atoms with Crippen LogP contribution in [0.5, 0.6) is 0 Å². The summed E-state index contributed by atoms with van der Waals surface area (Å²) in [5.41, 5.74) is 8.52. The van der Waals surface area contributed by atoms with Gasteiger partial charge in [-0.2, -0.15) is 0 Å². The fourth-order valence-electron chi connectivity index (χ4n) is 1.66. The van der Waals surface area contributed by atoms with Crippen molar-refractivity contribution in [3.05, 3.63) is 42.9 Å². The van der Waals surface area contributed by atoms with Crippen LogP contribution in [0.15, 0.2) is 42.9 Å². The number of anilines is 1. The smallest absolute Gasteiger partial charge is 0.238 e. The van der Waals surface area contributed by atoms with E-state index in [9.17, 15) is 0 Å². The van der Waals surface area contributed by atoms with Gasteiger partial charge in [0.25, 0.3) is 0 Å². The third-order valence-electron chi connectivity index (χ3n) is 2.39. The van der Waals surface area contributed by atoms with Crippen molar-refractivity contribution in [3.8, 4) is 11.3 Å². The maximum Gasteiger partial charge on any atom is 0.238 e. The molecule has 0 aliphatic rings. The van der Waals surface area contributed by atoms with Gasteiger partial charge in [-0.1, -0.05) is 0 Å². The van der Waals surface area contributed by atoms with Crippen molar-refractivity contribution >= 4 is 11.5 Å². The topological polar surface area (TPSA) is 69.1 Å². The third-order valence-corrected chi connectivity index (χ3v) is 2.39. The van der Waals surface area contributed by atoms with Gasteiger partial charge in [-0.25, -0.2) is 9.50 Å². The van der Waals surface area contributed by atoms with Gasteiger partial charge in [0.2, 0.25) is 5.95 Å². The molecule has 0 unspecified atom stereocenters. The van der Waals surface area contributed by atoms with Crippen LogP contribution in [0.25, 0.3) is 16.8 Å². The second-order valence-electron chi connectivity index (χ2n) is 3.41. The molecule has 0 amide bonds. The van der Waals surface area contributed by atoms with E-state index < -0.39 is 0 Å². The second kappa shape index (κ2) is 3.30. The molecule has 5 nitrogen and oxygen atoms in total. The largest absolute Gasteiger partial charge is 0.367 e. The van der Waals surface area contributed by atoms with Crippen LogP contribution in [0.2, 0.25) is 0 Å². The molecule has 3 rings (SSSR count). The molecular formula is C11H9N5. The van der Waals surface area contributed by atoms with Gasteiger partial charge in [0.05, 0.1) is 17.4 Å².